The molecule has 0 bridgehead atoms. The van der Waals surface area contributed by atoms with E-state index >= 15 is 0 Å². The molecule has 0 saturated heterocycles. The standard InChI is InChI=1S/C12H25NOS/c1-15-12-8-4-3-7-11(12)13-9-5-2-6-10-14/h11-14H,2-10H2,1H3. The lowest BCUT2D eigenvalue weighted by Gasteiger charge is -2.31. The summed E-state index contributed by atoms with van der Waals surface area (Å²) in [6.45, 7) is 1.47. The van der Waals surface area contributed by atoms with Crippen LogP contribution in [0, 0.1) is 0 Å². The van der Waals surface area contributed by atoms with Gasteiger partial charge in [0, 0.05) is 17.9 Å². The van der Waals surface area contributed by atoms with E-state index in [1.807, 2.05) is 11.8 Å². The molecule has 1 aliphatic rings. The first-order valence-electron chi connectivity index (χ1n) is 6.25. The van der Waals surface area contributed by atoms with Crippen LogP contribution in [0.2, 0.25) is 0 Å². The maximum Gasteiger partial charge on any atom is 0.0431 e. The van der Waals surface area contributed by atoms with E-state index in [9.17, 15) is 0 Å². The van der Waals surface area contributed by atoms with Gasteiger partial charge in [-0.3, -0.25) is 0 Å². The first-order chi connectivity index (χ1) is 7.38. The third kappa shape index (κ3) is 5.23. The van der Waals surface area contributed by atoms with Crippen molar-refractivity contribution in [1.29, 1.82) is 0 Å². The molecule has 0 heterocycles. The van der Waals surface area contributed by atoms with Crippen LogP contribution in [0.4, 0.5) is 0 Å². The molecular weight excluding hydrogens is 206 g/mol. The summed E-state index contributed by atoms with van der Waals surface area (Å²) in [6, 6.07) is 0.739. The predicted molar refractivity (Wildman–Crippen MR) is 68.5 cm³/mol. The highest BCUT2D eigenvalue weighted by Gasteiger charge is 2.23. The van der Waals surface area contributed by atoms with Crippen molar-refractivity contribution in [2.24, 2.45) is 0 Å². The molecule has 90 valence electrons. The molecule has 1 rings (SSSR count). The average Bonchev–Trinajstić information content (AvgIpc) is 2.29. The molecule has 1 saturated carbocycles. The lowest BCUT2D eigenvalue weighted by molar-refractivity contribution is 0.281. The predicted octanol–water partition coefficient (Wildman–Crippen LogP) is 2.41. The Bertz CT molecular complexity index is 155. The second kappa shape index (κ2) is 8.43. The first kappa shape index (κ1) is 13.3. The van der Waals surface area contributed by atoms with Crippen molar-refractivity contribution in [3.8, 4) is 0 Å². The summed E-state index contributed by atoms with van der Waals surface area (Å²) in [6.07, 6.45) is 11.1. The van der Waals surface area contributed by atoms with E-state index in [4.69, 9.17) is 5.11 Å². The van der Waals surface area contributed by atoms with Crippen molar-refractivity contribution in [1.82, 2.24) is 5.32 Å². The minimum atomic E-state index is 0.344. The summed E-state index contributed by atoms with van der Waals surface area (Å²) < 4.78 is 0. The fraction of sp³-hybridized carbons (Fsp3) is 1.00. The number of rotatable bonds is 7. The molecule has 0 aliphatic heterocycles. The number of unbranched alkanes of at least 4 members (excludes halogenated alkanes) is 2. The Morgan fingerprint density at radius 1 is 1.20 bits per heavy atom. The topological polar surface area (TPSA) is 32.3 Å². The molecular formula is C12H25NOS. The smallest absolute Gasteiger partial charge is 0.0431 e. The van der Waals surface area contributed by atoms with Crippen LogP contribution in [-0.4, -0.2) is 35.8 Å². The molecule has 0 aromatic rings. The average molecular weight is 231 g/mol. The third-order valence-electron chi connectivity index (χ3n) is 3.25. The highest BCUT2D eigenvalue weighted by Crippen LogP contribution is 2.26. The normalized spacial score (nSPS) is 26.8. The molecule has 0 aromatic heterocycles. The van der Waals surface area contributed by atoms with Gasteiger partial charge in [-0.2, -0.15) is 11.8 Å². The van der Waals surface area contributed by atoms with Crippen molar-refractivity contribution >= 4 is 11.8 Å². The minimum absolute atomic E-state index is 0.344. The number of hydrogen-bond acceptors (Lipinski definition) is 3. The number of aliphatic hydroxyl groups excluding tert-OH is 1. The van der Waals surface area contributed by atoms with Crippen LogP contribution in [-0.2, 0) is 0 Å². The summed E-state index contributed by atoms with van der Waals surface area (Å²) in [4.78, 5) is 0. The maximum atomic E-state index is 8.67. The first-order valence-corrected chi connectivity index (χ1v) is 7.54. The molecule has 0 amide bonds. The minimum Gasteiger partial charge on any atom is -0.396 e. The van der Waals surface area contributed by atoms with Crippen molar-refractivity contribution in [2.75, 3.05) is 19.4 Å². The van der Waals surface area contributed by atoms with Crippen molar-refractivity contribution < 1.29 is 5.11 Å². The summed E-state index contributed by atoms with van der Waals surface area (Å²) in [5.74, 6) is 0. The van der Waals surface area contributed by atoms with Crippen LogP contribution in [0.5, 0.6) is 0 Å². The lowest BCUT2D eigenvalue weighted by Crippen LogP contribution is -2.40. The molecule has 1 aliphatic carbocycles. The summed E-state index contributed by atoms with van der Waals surface area (Å²) in [7, 11) is 0. The molecule has 3 heteroatoms. The van der Waals surface area contributed by atoms with Crippen LogP contribution in [0.3, 0.4) is 0 Å². The van der Waals surface area contributed by atoms with E-state index < -0.39 is 0 Å². The van der Waals surface area contributed by atoms with E-state index in [0.29, 0.717) is 6.61 Å². The van der Waals surface area contributed by atoms with Gasteiger partial charge in [0.05, 0.1) is 0 Å². The van der Waals surface area contributed by atoms with Gasteiger partial charge in [0.15, 0.2) is 0 Å². The SMILES string of the molecule is CSC1CCCCC1NCCCCCO. The zero-order valence-electron chi connectivity index (χ0n) is 9.87. The molecule has 2 unspecified atom stereocenters. The van der Waals surface area contributed by atoms with Crippen LogP contribution >= 0.6 is 11.8 Å². The van der Waals surface area contributed by atoms with Crippen molar-refractivity contribution in [3.05, 3.63) is 0 Å². The van der Waals surface area contributed by atoms with Crippen LogP contribution in [0.15, 0.2) is 0 Å². The fourth-order valence-corrected chi connectivity index (χ4v) is 3.28. The molecule has 0 aromatic carbocycles. The Morgan fingerprint density at radius 2 is 2.00 bits per heavy atom. The Kier molecular flexibility index (Phi) is 7.49. The zero-order valence-corrected chi connectivity index (χ0v) is 10.7. The fourth-order valence-electron chi connectivity index (χ4n) is 2.31. The van der Waals surface area contributed by atoms with Gasteiger partial charge in [0.1, 0.15) is 0 Å². The monoisotopic (exact) mass is 231 g/mol. The van der Waals surface area contributed by atoms with Gasteiger partial charge in [0.25, 0.3) is 0 Å². The molecule has 15 heavy (non-hydrogen) atoms. The second-order valence-electron chi connectivity index (χ2n) is 4.40. The van der Waals surface area contributed by atoms with E-state index in [-0.39, 0.29) is 0 Å². The van der Waals surface area contributed by atoms with Gasteiger partial charge in [-0.1, -0.05) is 12.8 Å². The Morgan fingerprint density at radius 3 is 2.73 bits per heavy atom. The molecule has 1 fully saturated rings. The van der Waals surface area contributed by atoms with Crippen LogP contribution < -0.4 is 5.32 Å². The number of thioether (sulfide) groups is 1. The van der Waals surface area contributed by atoms with E-state index in [2.05, 4.69) is 11.6 Å². The Labute approximate surface area is 98.2 Å². The largest absolute Gasteiger partial charge is 0.396 e. The molecule has 2 nitrogen and oxygen atoms in total. The number of hydrogen-bond donors (Lipinski definition) is 2. The maximum absolute atomic E-state index is 8.67. The van der Waals surface area contributed by atoms with E-state index in [1.54, 1.807) is 0 Å². The molecule has 0 spiro atoms. The lowest BCUT2D eigenvalue weighted by atomic mass is 9.95. The second-order valence-corrected chi connectivity index (χ2v) is 5.48. The Balaban J connectivity index is 2.07. The zero-order chi connectivity index (χ0) is 10.9. The van der Waals surface area contributed by atoms with Crippen LogP contribution in [0.25, 0.3) is 0 Å². The number of aliphatic hydroxyl groups is 1. The van der Waals surface area contributed by atoms with Crippen LogP contribution in [0.1, 0.15) is 44.9 Å². The van der Waals surface area contributed by atoms with Crippen molar-refractivity contribution in [3.63, 3.8) is 0 Å². The van der Waals surface area contributed by atoms with Gasteiger partial charge in [-0.15, -0.1) is 0 Å². The Hall–Kier alpha value is 0.270. The highest BCUT2D eigenvalue weighted by molar-refractivity contribution is 7.99. The highest BCUT2D eigenvalue weighted by atomic mass is 32.2. The van der Waals surface area contributed by atoms with Gasteiger partial charge in [-0.25, -0.2) is 0 Å². The van der Waals surface area contributed by atoms with E-state index in [0.717, 1.165) is 30.7 Å². The third-order valence-corrected chi connectivity index (χ3v) is 4.42. The summed E-state index contributed by atoms with van der Waals surface area (Å²) in [5.41, 5.74) is 0. The van der Waals surface area contributed by atoms with Gasteiger partial charge in [-0.05, 0) is 44.9 Å². The van der Waals surface area contributed by atoms with Gasteiger partial charge < -0.3 is 10.4 Å². The van der Waals surface area contributed by atoms with E-state index in [1.165, 1.54) is 32.1 Å². The summed E-state index contributed by atoms with van der Waals surface area (Å²) in [5, 5.41) is 13.2. The molecule has 2 atom stereocenters. The molecule has 2 N–H and O–H groups in total. The summed E-state index contributed by atoms with van der Waals surface area (Å²) >= 11 is 2.02. The van der Waals surface area contributed by atoms with Gasteiger partial charge >= 0.3 is 0 Å². The molecule has 0 radical (unpaired) electrons. The van der Waals surface area contributed by atoms with Gasteiger partial charge in [0.2, 0.25) is 0 Å². The number of nitrogens with one attached hydrogen (secondary N) is 1. The quantitative estimate of drug-likeness (QED) is 0.660. The van der Waals surface area contributed by atoms with Crippen molar-refractivity contribution in [2.45, 2.75) is 56.2 Å².